The molecular weight excluding hydrogens is 454 g/mol. The summed E-state index contributed by atoms with van der Waals surface area (Å²) in [6.07, 6.45) is 2.05. The highest BCUT2D eigenvalue weighted by Crippen LogP contribution is 2.27. The maximum Gasteiger partial charge on any atom is 0.229 e. The molecule has 0 spiro atoms. The Morgan fingerprint density at radius 3 is 2.58 bits per heavy atom. The van der Waals surface area contributed by atoms with Gasteiger partial charge in [0.2, 0.25) is 10.0 Å². The molecule has 0 radical (unpaired) electrons. The van der Waals surface area contributed by atoms with Gasteiger partial charge in [0.05, 0.1) is 33.8 Å². The second-order valence-corrected chi connectivity index (χ2v) is 10.4. The molecule has 0 aliphatic heterocycles. The monoisotopic (exact) mass is 479 g/mol. The first-order valence-electron chi connectivity index (χ1n) is 9.95. The Balaban J connectivity index is 1.50. The Hall–Kier alpha value is -1.97. The highest BCUT2D eigenvalue weighted by molar-refractivity contribution is 7.92. The first kappa shape index (κ1) is 23.7. The molecule has 9 heteroatoms. The van der Waals surface area contributed by atoms with Gasteiger partial charge in [-0.2, -0.15) is 0 Å². The van der Waals surface area contributed by atoms with Gasteiger partial charge in [0.25, 0.3) is 0 Å². The third-order valence-corrected chi connectivity index (χ3v) is 6.62. The molecule has 1 aromatic heterocycles. The first-order valence-corrected chi connectivity index (χ1v) is 13.1. The Labute approximate surface area is 192 Å². The lowest BCUT2D eigenvalue weighted by Gasteiger charge is -2.15. The van der Waals surface area contributed by atoms with E-state index in [4.69, 9.17) is 11.6 Å². The van der Waals surface area contributed by atoms with Crippen LogP contribution in [0.15, 0.2) is 47.8 Å². The van der Waals surface area contributed by atoms with E-state index in [9.17, 15) is 13.5 Å². The van der Waals surface area contributed by atoms with Gasteiger partial charge in [0.1, 0.15) is 0 Å². The summed E-state index contributed by atoms with van der Waals surface area (Å²) in [5.41, 5.74) is 4.17. The normalized spacial score (nSPS) is 12.6. The van der Waals surface area contributed by atoms with Crippen LogP contribution in [-0.4, -0.2) is 37.9 Å². The molecule has 0 bridgehead atoms. The van der Waals surface area contributed by atoms with E-state index < -0.39 is 16.1 Å². The predicted octanol–water partition coefficient (Wildman–Crippen LogP) is 4.26. The number of nitrogens with one attached hydrogen (secondary N) is 2. The zero-order valence-corrected chi connectivity index (χ0v) is 19.8. The molecule has 31 heavy (non-hydrogen) atoms. The Kier molecular flexibility index (Phi) is 8.07. The zero-order valence-electron chi connectivity index (χ0n) is 17.4. The van der Waals surface area contributed by atoms with Crippen molar-refractivity contribution in [2.75, 3.05) is 24.1 Å². The van der Waals surface area contributed by atoms with E-state index in [1.807, 2.05) is 0 Å². The first-order chi connectivity index (χ1) is 14.7. The summed E-state index contributed by atoms with van der Waals surface area (Å²) in [7, 11) is -3.45. The van der Waals surface area contributed by atoms with E-state index in [1.54, 1.807) is 29.5 Å². The Bertz CT molecular complexity index is 1120. The Morgan fingerprint density at radius 1 is 1.19 bits per heavy atom. The van der Waals surface area contributed by atoms with Crippen molar-refractivity contribution in [2.45, 2.75) is 25.9 Å². The number of anilines is 1. The van der Waals surface area contributed by atoms with E-state index in [1.165, 1.54) is 5.56 Å². The van der Waals surface area contributed by atoms with Crippen molar-refractivity contribution >= 4 is 38.6 Å². The topological polar surface area (TPSA) is 91.3 Å². The number of hydrogen-bond acceptors (Lipinski definition) is 6. The van der Waals surface area contributed by atoms with Crippen LogP contribution in [0.4, 0.5) is 5.69 Å². The van der Waals surface area contributed by atoms with Crippen LogP contribution < -0.4 is 10.0 Å². The van der Waals surface area contributed by atoms with E-state index >= 15 is 0 Å². The number of sulfonamides is 1. The van der Waals surface area contributed by atoms with Crippen molar-refractivity contribution in [3.8, 4) is 11.3 Å². The van der Waals surface area contributed by atoms with Gasteiger partial charge in [-0.1, -0.05) is 48.9 Å². The lowest BCUT2D eigenvalue weighted by Crippen LogP contribution is -2.24. The van der Waals surface area contributed by atoms with Crippen molar-refractivity contribution < 1.29 is 13.5 Å². The standard InChI is InChI=1S/C22H26ClN3O3S2/c1-3-22-25-20(14-30-22)16-6-4-15(5-7-16)10-11-24-13-21(27)17-8-9-18(23)19(12-17)26-31(2,28)29/h4-9,12,14,21,24,26-27H,3,10-11,13H2,1-2H3/t21-/m0/s1. The van der Waals surface area contributed by atoms with Gasteiger partial charge in [-0.3, -0.25) is 4.72 Å². The number of aryl methyl sites for hydroxylation is 1. The van der Waals surface area contributed by atoms with E-state index in [0.29, 0.717) is 18.7 Å². The molecule has 3 aromatic rings. The van der Waals surface area contributed by atoms with Crippen LogP contribution in [0.2, 0.25) is 5.02 Å². The largest absolute Gasteiger partial charge is 0.387 e. The van der Waals surface area contributed by atoms with Gasteiger partial charge in [-0.15, -0.1) is 11.3 Å². The van der Waals surface area contributed by atoms with Crippen LogP contribution in [0.25, 0.3) is 11.3 Å². The lowest BCUT2D eigenvalue weighted by atomic mass is 10.1. The van der Waals surface area contributed by atoms with Crippen molar-refractivity contribution in [3.63, 3.8) is 0 Å². The number of halogens is 1. The van der Waals surface area contributed by atoms with Gasteiger partial charge in [0.15, 0.2) is 0 Å². The number of nitrogens with zero attached hydrogens (tertiary/aromatic N) is 1. The highest BCUT2D eigenvalue weighted by atomic mass is 35.5. The van der Waals surface area contributed by atoms with Gasteiger partial charge in [-0.05, 0) is 42.6 Å². The molecule has 2 aromatic carbocycles. The van der Waals surface area contributed by atoms with Gasteiger partial charge < -0.3 is 10.4 Å². The molecule has 1 atom stereocenters. The SMILES string of the molecule is CCc1nc(-c2ccc(CCNC[C@H](O)c3ccc(Cl)c(NS(C)(=O)=O)c3)cc2)cs1. The van der Waals surface area contributed by atoms with Crippen molar-refractivity contribution in [1.29, 1.82) is 0 Å². The number of rotatable bonds is 10. The molecule has 0 aliphatic carbocycles. The quantitative estimate of drug-likeness (QED) is 0.378. The van der Waals surface area contributed by atoms with Gasteiger partial charge in [-0.25, -0.2) is 13.4 Å². The molecule has 1 heterocycles. The van der Waals surface area contributed by atoms with E-state index in [0.717, 1.165) is 35.4 Å². The summed E-state index contributed by atoms with van der Waals surface area (Å²) in [4.78, 5) is 4.62. The molecule has 0 unspecified atom stereocenters. The van der Waals surface area contributed by atoms with Crippen LogP contribution in [0.3, 0.4) is 0 Å². The minimum atomic E-state index is -3.45. The number of benzene rings is 2. The minimum absolute atomic E-state index is 0.256. The van der Waals surface area contributed by atoms with Crippen LogP contribution >= 0.6 is 22.9 Å². The van der Waals surface area contributed by atoms with E-state index in [2.05, 4.69) is 51.6 Å². The van der Waals surface area contributed by atoms with Gasteiger partial charge >= 0.3 is 0 Å². The summed E-state index contributed by atoms with van der Waals surface area (Å²) < 4.78 is 25.3. The summed E-state index contributed by atoms with van der Waals surface area (Å²) in [6, 6.07) is 13.2. The van der Waals surface area contributed by atoms with Crippen LogP contribution in [0, 0.1) is 0 Å². The van der Waals surface area contributed by atoms with Crippen LogP contribution in [-0.2, 0) is 22.9 Å². The molecule has 3 N–H and O–H groups in total. The van der Waals surface area contributed by atoms with Crippen molar-refractivity contribution in [2.24, 2.45) is 0 Å². The third kappa shape index (κ3) is 7.02. The van der Waals surface area contributed by atoms with Crippen LogP contribution in [0.5, 0.6) is 0 Å². The van der Waals surface area contributed by atoms with Crippen molar-refractivity contribution in [3.05, 3.63) is 69.0 Å². The fraction of sp³-hybridized carbons (Fsp3) is 0.318. The summed E-state index contributed by atoms with van der Waals surface area (Å²) in [5.74, 6) is 0. The maximum absolute atomic E-state index is 11.4. The molecular formula is C22H26ClN3O3S2. The molecule has 0 saturated heterocycles. The third-order valence-electron chi connectivity index (χ3n) is 4.70. The second-order valence-electron chi connectivity index (χ2n) is 7.26. The molecule has 3 rings (SSSR count). The smallest absolute Gasteiger partial charge is 0.229 e. The van der Waals surface area contributed by atoms with Crippen LogP contribution in [0.1, 0.15) is 29.2 Å². The second kappa shape index (κ2) is 10.6. The maximum atomic E-state index is 11.4. The predicted molar refractivity (Wildman–Crippen MR) is 128 cm³/mol. The fourth-order valence-corrected chi connectivity index (χ4v) is 4.61. The molecule has 6 nitrogen and oxygen atoms in total. The lowest BCUT2D eigenvalue weighted by molar-refractivity contribution is 0.175. The van der Waals surface area contributed by atoms with E-state index in [-0.39, 0.29) is 10.7 Å². The molecule has 0 fully saturated rings. The Morgan fingerprint density at radius 2 is 1.94 bits per heavy atom. The molecule has 0 saturated carbocycles. The van der Waals surface area contributed by atoms with Gasteiger partial charge in [0, 0.05) is 17.5 Å². The number of thiazole rings is 1. The van der Waals surface area contributed by atoms with Crippen molar-refractivity contribution in [1.82, 2.24) is 10.3 Å². The highest BCUT2D eigenvalue weighted by Gasteiger charge is 2.12. The summed E-state index contributed by atoms with van der Waals surface area (Å²) in [6.45, 7) is 3.15. The summed E-state index contributed by atoms with van der Waals surface area (Å²) >= 11 is 7.72. The fourth-order valence-electron chi connectivity index (χ4n) is 3.07. The average molecular weight is 480 g/mol. The average Bonchev–Trinajstić information content (AvgIpc) is 3.21. The zero-order chi connectivity index (χ0) is 22.4. The number of aromatic nitrogens is 1. The number of hydrogen-bond donors (Lipinski definition) is 3. The number of aliphatic hydroxyl groups excluding tert-OH is 1. The minimum Gasteiger partial charge on any atom is -0.387 e. The molecule has 166 valence electrons. The molecule has 0 amide bonds. The molecule has 0 aliphatic rings. The number of aliphatic hydroxyl groups is 1. The summed E-state index contributed by atoms with van der Waals surface area (Å²) in [5, 5.41) is 17.2.